The van der Waals surface area contributed by atoms with Crippen molar-refractivity contribution in [2.75, 3.05) is 17.6 Å². The number of halogens is 1. The lowest BCUT2D eigenvalue weighted by Gasteiger charge is -2.11. The SMILES string of the molecule is CCS(=O)(=O)Nc1cc(S(=O)(=O)Cl)ccc1OC. The number of nitrogens with one attached hydrogen (secondary N) is 1. The average molecular weight is 314 g/mol. The molecule has 0 radical (unpaired) electrons. The topological polar surface area (TPSA) is 89.5 Å². The molecule has 1 N–H and O–H groups in total. The first-order chi connectivity index (χ1) is 8.19. The number of sulfonamides is 1. The van der Waals surface area contributed by atoms with Gasteiger partial charge in [0.2, 0.25) is 10.0 Å². The molecule has 0 saturated carbocycles. The fourth-order valence-corrected chi connectivity index (χ4v) is 2.57. The van der Waals surface area contributed by atoms with Gasteiger partial charge in [-0.05, 0) is 25.1 Å². The van der Waals surface area contributed by atoms with Crippen LogP contribution in [0.1, 0.15) is 6.92 Å². The minimum Gasteiger partial charge on any atom is -0.495 e. The van der Waals surface area contributed by atoms with E-state index < -0.39 is 19.1 Å². The Morgan fingerprint density at radius 1 is 1.28 bits per heavy atom. The van der Waals surface area contributed by atoms with Crippen LogP contribution >= 0.6 is 10.7 Å². The summed E-state index contributed by atoms with van der Waals surface area (Å²) in [6.07, 6.45) is 0. The van der Waals surface area contributed by atoms with E-state index in [-0.39, 0.29) is 22.1 Å². The zero-order chi connectivity index (χ0) is 14.0. The van der Waals surface area contributed by atoms with E-state index in [2.05, 4.69) is 4.72 Å². The van der Waals surface area contributed by atoms with E-state index in [0.29, 0.717) is 0 Å². The standard InChI is InChI=1S/C9H12ClNO5S2/c1-3-17(12,13)11-8-6-7(18(10,14)15)4-5-9(8)16-2/h4-6,11H,3H2,1-2H3. The van der Waals surface area contributed by atoms with Gasteiger partial charge in [-0.1, -0.05) is 0 Å². The molecule has 0 aromatic heterocycles. The first kappa shape index (κ1) is 15.1. The van der Waals surface area contributed by atoms with E-state index in [0.717, 1.165) is 6.07 Å². The number of methoxy groups -OCH3 is 1. The average Bonchev–Trinajstić information content (AvgIpc) is 2.27. The first-order valence-electron chi connectivity index (χ1n) is 4.83. The number of hydrogen-bond donors (Lipinski definition) is 1. The van der Waals surface area contributed by atoms with Crippen LogP contribution < -0.4 is 9.46 Å². The second-order valence-electron chi connectivity index (χ2n) is 3.31. The van der Waals surface area contributed by atoms with Crippen LogP contribution in [0, 0.1) is 0 Å². The number of hydrogen-bond acceptors (Lipinski definition) is 5. The number of anilines is 1. The van der Waals surface area contributed by atoms with E-state index in [1.807, 2.05) is 0 Å². The van der Waals surface area contributed by atoms with Crippen molar-refractivity contribution in [3.05, 3.63) is 18.2 Å². The Hall–Kier alpha value is -0.990. The summed E-state index contributed by atoms with van der Waals surface area (Å²) in [6.45, 7) is 1.46. The van der Waals surface area contributed by atoms with Gasteiger partial charge in [-0.2, -0.15) is 0 Å². The van der Waals surface area contributed by atoms with Crippen molar-refractivity contribution >= 4 is 35.4 Å². The molecule has 1 aromatic rings. The summed E-state index contributed by atoms with van der Waals surface area (Å²) in [5.74, 6) is 0.0599. The van der Waals surface area contributed by atoms with E-state index >= 15 is 0 Å². The monoisotopic (exact) mass is 313 g/mol. The molecule has 0 saturated heterocycles. The van der Waals surface area contributed by atoms with Crippen molar-refractivity contribution in [3.8, 4) is 5.75 Å². The van der Waals surface area contributed by atoms with Crippen molar-refractivity contribution in [2.45, 2.75) is 11.8 Å². The molecule has 6 nitrogen and oxygen atoms in total. The van der Waals surface area contributed by atoms with Crippen molar-refractivity contribution in [2.24, 2.45) is 0 Å². The van der Waals surface area contributed by atoms with Gasteiger partial charge >= 0.3 is 0 Å². The van der Waals surface area contributed by atoms with Gasteiger partial charge in [0.1, 0.15) is 5.75 Å². The van der Waals surface area contributed by atoms with Gasteiger partial charge in [0.15, 0.2) is 0 Å². The maximum absolute atomic E-state index is 11.4. The predicted molar refractivity (Wildman–Crippen MR) is 69.1 cm³/mol. The van der Waals surface area contributed by atoms with Crippen molar-refractivity contribution in [1.29, 1.82) is 0 Å². The molecule has 1 aromatic carbocycles. The first-order valence-corrected chi connectivity index (χ1v) is 8.79. The van der Waals surface area contributed by atoms with Gasteiger partial charge in [0.25, 0.3) is 9.05 Å². The zero-order valence-corrected chi connectivity index (χ0v) is 12.1. The molecule has 0 unspecified atom stereocenters. The summed E-state index contributed by atoms with van der Waals surface area (Å²) in [5.41, 5.74) is 0.0288. The molecule has 0 spiro atoms. The minimum atomic E-state index is -3.93. The van der Waals surface area contributed by atoms with Crippen LogP contribution in [0.2, 0.25) is 0 Å². The van der Waals surface area contributed by atoms with E-state index in [9.17, 15) is 16.8 Å². The quantitative estimate of drug-likeness (QED) is 0.830. The summed E-state index contributed by atoms with van der Waals surface area (Å²) < 4.78 is 52.4. The predicted octanol–water partition coefficient (Wildman–Crippen LogP) is 1.38. The highest BCUT2D eigenvalue weighted by Crippen LogP contribution is 2.29. The van der Waals surface area contributed by atoms with Crippen LogP contribution in [0.5, 0.6) is 5.75 Å². The van der Waals surface area contributed by atoms with Gasteiger partial charge < -0.3 is 4.74 Å². The maximum Gasteiger partial charge on any atom is 0.261 e. The Balaban J connectivity index is 3.32. The summed E-state index contributed by atoms with van der Waals surface area (Å²) in [6, 6.07) is 3.65. The van der Waals surface area contributed by atoms with Crippen LogP contribution in [0.4, 0.5) is 5.69 Å². The number of rotatable bonds is 5. The van der Waals surface area contributed by atoms with Crippen molar-refractivity contribution in [3.63, 3.8) is 0 Å². The lowest BCUT2D eigenvalue weighted by Crippen LogP contribution is -2.15. The summed E-state index contributed by atoms with van der Waals surface area (Å²) in [5, 5.41) is 0. The Kier molecular flexibility index (Phi) is 4.46. The minimum absolute atomic E-state index is 0.0288. The molecule has 0 aliphatic heterocycles. The molecule has 18 heavy (non-hydrogen) atoms. The van der Waals surface area contributed by atoms with Crippen LogP contribution in [0.3, 0.4) is 0 Å². The third-order valence-electron chi connectivity index (χ3n) is 2.10. The molecule has 1 rings (SSSR count). The van der Waals surface area contributed by atoms with Crippen molar-refractivity contribution in [1.82, 2.24) is 0 Å². The summed E-state index contributed by atoms with van der Waals surface area (Å²) in [7, 11) is -0.939. The normalized spacial score (nSPS) is 12.2. The second kappa shape index (κ2) is 5.33. The number of benzene rings is 1. The molecule has 0 atom stereocenters. The molecule has 102 valence electrons. The van der Waals surface area contributed by atoms with Crippen LogP contribution in [0.25, 0.3) is 0 Å². The highest BCUT2D eigenvalue weighted by atomic mass is 35.7. The molecule has 0 amide bonds. The highest BCUT2D eigenvalue weighted by Gasteiger charge is 2.16. The third kappa shape index (κ3) is 3.76. The van der Waals surface area contributed by atoms with Gasteiger partial charge in [0.05, 0.1) is 23.4 Å². The summed E-state index contributed by atoms with van der Waals surface area (Å²) >= 11 is 0. The van der Waals surface area contributed by atoms with Gasteiger partial charge in [-0.15, -0.1) is 0 Å². The highest BCUT2D eigenvalue weighted by molar-refractivity contribution is 8.13. The fourth-order valence-electron chi connectivity index (χ4n) is 1.16. The Labute approximate surface area is 110 Å². The molecule has 0 bridgehead atoms. The summed E-state index contributed by atoms with van der Waals surface area (Å²) in [4.78, 5) is -0.209. The molecule has 0 aliphatic rings. The van der Waals surface area contributed by atoms with Gasteiger partial charge in [-0.25, -0.2) is 16.8 Å². The maximum atomic E-state index is 11.4. The molecule has 0 heterocycles. The van der Waals surface area contributed by atoms with E-state index in [1.54, 1.807) is 0 Å². The smallest absolute Gasteiger partial charge is 0.261 e. The fraction of sp³-hybridized carbons (Fsp3) is 0.333. The lowest BCUT2D eigenvalue weighted by molar-refractivity contribution is 0.416. The van der Waals surface area contributed by atoms with Crippen molar-refractivity contribution < 1.29 is 21.6 Å². The Morgan fingerprint density at radius 3 is 2.33 bits per heavy atom. The zero-order valence-electron chi connectivity index (χ0n) is 9.67. The Morgan fingerprint density at radius 2 is 1.89 bits per heavy atom. The van der Waals surface area contributed by atoms with Crippen LogP contribution in [-0.4, -0.2) is 29.7 Å². The van der Waals surface area contributed by atoms with Crippen LogP contribution in [-0.2, 0) is 19.1 Å². The van der Waals surface area contributed by atoms with Gasteiger partial charge in [-0.3, -0.25) is 4.72 Å². The Bertz CT molecular complexity index is 639. The van der Waals surface area contributed by atoms with E-state index in [1.165, 1.54) is 26.2 Å². The lowest BCUT2D eigenvalue weighted by atomic mass is 10.3. The molecule has 9 heteroatoms. The molecule has 0 fully saturated rings. The van der Waals surface area contributed by atoms with Crippen LogP contribution in [0.15, 0.2) is 23.1 Å². The molecular weight excluding hydrogens is 302 g/mol. The molecular formula is C9H12ClNO5S2. The second-order valence-corrected chi connectivity index (χ2v) is 7.88. The van der Waals surface area contributed by atoms with E-state index in [4.69, 9.17) is 15.4 Å². The molecule has 0 aliphatic carbocycles. The number of ether oxygens (including phenoxy) is 1. The van der Waals surface area contributed by atoms with Gasteiger partial charge in [0, 0.05) is 10.7 Å². The third-order valence-corrected chi connectivity index (χ3v) is 4.74. The largest absolute Gasteiger partial charge is 0.495 e.